The quantitative estimate of drug-likeness (QED) is 0.841. The van der Waals surface area contributed by atoms with E-state index >= 15 is 0 Å². The van der Waals surface area contributed by atoms with Gasteiger partial charge < -0.3 is 15.6 Å². The van der Waals surface area contributed by atoms with E-state index in [-0.39, 0.29) is 18.3 Å². The Balaban J connectivity index is 0.00000180. The number of aromatic nitrogens is 3. The molecule has 9 heteroatoms. The molecular weight excluding hydrogens is 290 g/mol. The van der Waals surface area contributed by atoms with Crippen molar-refractivity contribution in [3.05, 3.63) is 27.8 Å². The molecular formula is C10H14ClN5O2S. The zero-order chi connectivity index (χ0) is 13.0. The number of carbonyl (C=O) groups is 1. The van der Waals surface area contributed by atoms with E-state index in [0.29, 0.717) is 36.9 Å². The number of hydrogen-bond donors (Lipinski definition) is 2. The van der Waals surface area contributed by atoms with Crippen molar-refractivity contribution in [2.45, 2.75) is 19.9 Å². The number of hydrogen-bond acceptors (Lipinski definition) is 7. The van der Waals surface area contributed by atoms with Crippen molar-refractivity contribution in [3.63, 3.8) is 0 Å². The van der Waals surface area contributed by atoms with Gasteiger partial charge in [0.2, 0.25) is 5.89 Å². The highest BCUT2D eigenvalue weighted by atomic mass is 35.5. The number of rotatable bonds is 5. The fourth-order valence-corrected chi connectivity index (χ4v) is 1.98. The third-order valence-corrected chi connectivity index (χ3v) is 3.02. The molecule has 0 fully saturated rings. The smallest absolute Gasteiger partial charge is 0.270 e. The maximum Gasteiger partial charge on any atom is 0.270 e. The summed E-state index contributed by atoms with van der Waals surface area (Å²) in [5.74, 6) is 0.874. The van der Waals surface area contributed by atoms with Gasteiger partial charge in [-0.3, -0.25) is 4.79 Å². The van der Waals surface area contributed by atoms with E-state index in [9.17, 15) is 4.79 Å². The standard InChI is InChI=1S/C10H13N5O2S.ClH/c1-6-13-8(17-15-6)2-3-12-10(16)7-5-18-9(4-11)14-7;/h5H,2-4,11H2,1H3,(H,12,16);1H. The summed E-state index contributed by atoms with van der Waals surface area (Å²) in [5.41, 5.74) is 5.82. The molecule has 0 saturated carbocycles. The molecule has 0 aromatic carbocycles. The Labute approximate surface area is 120 Å². The van der Waals surface area contributed by atoms with Crippen molar-refractivity contribution < 1.29 is 9.32 Å². The molecule has 0 aliphatic heterocycles. The van der Waals surface area contributed by atoms with Gasteiger partial charge in [-0.25, -0.2) is 4.98 Å². The molecule has 0 radical (unpaired) electrons. The van der Waals surface area contributed by atoms with Gasteiger partial charge in [0, 0.05) is 24.9 Å². The van der Waals surface area contributed by atoms with E-state index in [1.807, 2.05) is 0 Å². The Kier molecular flexibility index (Phi) is 5.87. The van der Waals surface area contributed by atoms with Gasteiger partial charge in [0.1, 0.15) is 10.7 Å². The third kappa shape index (κ3) is 4.27. The summed E-state index contributed by atoms with van der Waals surface area (Å²) in [6.45, 7) is 2.52. The number of nitrogens with zero attached hydrogens (tertiary/aromatic N) is 3. The topological polar surface area (TPSA) is 107 Å². The summed E-state index contributed by atoms with van der Waals surface area (Å²) in [6.07, 6.45) is 0.500. The zero-order valence-electron chi connectivity index (χ0n) is 10.3. The maximum absolute atomic E-state index is 11.7. The Bertz CT molecular complexity index is 542. The molecule has 0 unspecified atom stereocenters. The number of nitrogens with one attached hydrogen (secondary N) is 1. The van der Waals surface area contributed by atoms with Crippen molar-refractivity contribution >= 4 is 29.7 Å². The van der Waals surface area contributed by atoms with Crippen LogP contribution in [0.4, 0.5) is 0 Å². The van der Waals surface area contributed by atoms with Crippen LogP contribution in [0.1, 0.15) is 27.2 Å². The molecule has 1 amide bonds. The van der Waals surface area contributed by atoms with Crippen LogP contribution in [0.25, 0.3) is 0 Å². The SMILES string of the molecule is Cc1noc(CCNC(=O)c2csc(CN)n2)n1.Cl. The fraction of sp³-hybridized carbons (Fsp3) is 0.400. The minimum atomic E-state index is -0.220. The summed E-state index contributed by atoms with van der Waals surface area (Å²) >= 11 is 1.37. The molecule has 3 N–H and O–H groups in total. The van der Waals surface area contributed by atoms with Crippen LogP contribution < -0.4 is 11.1 Å². The Morgan fingerprint density at radius 2 is 2.32 bits per heavy atom. The lowest BCUT2D eigenvalue weighted by atomic mass is 10.4. The lowest BCUT2D eigenvalue weighted by molar-refractivity contribution is 0.0949. The van der Waals surface area contributed by atoms with Crippen molar-refractivity contribution in [2.24, 2.45) is 5.73 Å². The molecule has 104 valence electrons. The fourth-order valence-electron chi connectivity index (χ4n) is 1.32. The predicted octanol–water partition coefficient (Wildman–Crippen LogP) is 0.688. The monoisotopic (exact) mass is 303 g/mol. The summed E-state index contributed by atoms with van der Waals surface area (Å²) < 4.78 is 4.93. The first kappa shape index (κ1) is 15.5. The third-order valence-electron chi connectivity index (χ3n) is 2.15. The van der Waals surface area contributed by atoms with Crippen molar-refractivity contribution in [3.8, 4) is 0 Å². The van der Waals surface area contributed by atoms with E-state index in [2.05, 4.69) is 20.4 Å². The van der Waals surface area contributed by atoms with Crippen LogP contribution >= 0.6 is 23.7 Å². The average Bonchev–Trinajstić information content (AvgIpc) is 2.98. The Morgan fingerprint density at radius 3 is 2.89 bits per heavy atom. The summed E-state index contributed by atoms with van der Waals surface area (Å²) in [7, 11) is 0. The molecule has 2 rings (SSSR count). The molecule has 2 aromatic rings. The highest BCUT2D eigenvalue weighted by molar-refractivity contribution is 7.09. The van der Waals surface area contributed by atoms with Gasteiger partial charge in [-0.05, 0) is 6.92 Å². The van der Waals surface area contributed by atoms with Gasteiger partial charge in [0.25, 0.3) is 5.91 Å². The van der Waals surface area contributed by atoms with Gasteiger partial charge in [-0.15, -0.1) is 23.7 Å². The van der Waals surface area contributed by atoms with E-state index in [0.717, 1.165) is 5.01 Å². The van der Waals surface area contributed by atoms with Gasteiger partial charge >= 0.3 is 0 Å². The molecule has 0 saturated heterocycles. The lowest BCUT2D eigenvalue weighted by Crippen LogP contribution is -2.26. The van der Waals surface area contributed by atoms with Crippen LogP contribution in [0.2, 0.25) is 0 Å². The number of carbonyl (C=O) groups excluding carboxylic acids is 1. The second-order valence-electron chi connectivity index (χ2n) is 3.57. The first-order valence-corrected chi connectivity index (χ1v) is 6.29. The van der Waals surface area contributed by atoms with Gasteiger partial charge in [-0.2, -0.15) is 4.98 Å². The Morgan fingerprint density at radius 1 is 1.53 bits per heavy atom. The van der Waals surface area contributed by atoms with Crippen molar-refractivity contribution in [1.82, 2.24) is 20.4 Å². The number of halogens is 1. The van der Waals surface area contributed by atoms with E-state index in [1.54, 1.807) is 12.3 Å². The predicted molar refractivity (Wildman–Crippen MR) is 72.3 cm³/mol. The average molecular weight is 304 g/mol. The van der Waals surface area contributed by atoms with Crippen molar-refractivity contribution in [1.29, 1.82) is 0 Å². The van der Waals surface area contributed by atoms with E-state index in [1.165, 1.54) is 11.3 Å². The van der Waals surface area contributed by atoms with Gasteiger partial charge in [0.05, 0.1) is 0 Å². The molecule has 0 aliphatic carbocycles. The summed E-state index contributed by atoms with van der Waals surface area (Å²) in [4.78, 5) is 19.8. The molecule has 0 bridgehead atoms. The highest BCUT2D eigenvalue weighted by Gasteiger charge is 2.10. The number of thiazole rings is 1. The van der Waals surface area contributed by atoms with E-state index in [4.69, 9.17) is 10.3 Å². The number of nitrogens with two attached hydrogens (primary N) is 1. The van der Waals surface area contributed by atoms with Crippen LogP contribution in [0.5, 0.6) is 0 Å². The summed E-state index contributed by atoms with van der Waals surface area (Å²) in [6, 6.07) is 0. The first-order chi connectivity index (χ1) is 8.69. The van der Waals surface area contributed by atoms with Crippen LogP contribution in [0, 0.1) is 6.92 Å². The molecule has 7 nitrogen and oxygen atoms in total. The molecule has 0 aliphatic rings. The highest BCUT2D eigenvalue weighted by Crippen LogP contribution is 2.08. The second kappa shape index (κ2) is 7.17. The number of amides is 1. The second-order valence-corrected chi connectivity index (χ2v) is 4.51. The van der Waals surface area contributed by atoms with E-state index < -0.39 is 0 Å². The maximum atomic E-state index is 11.7. The molecule has 0 atom stereocenters. The summed E-state index contributed by atoms with van der Waals surface area (Å²) in [5, 5.41) is 8.83. The lowest BCUT2D eigenvalue weighted by Gasteiger charge is -1.99. The van der Waals surface area contributed by atoms with Gasteiger partial charge in [0.15, 0.2) is 5.82 Å². The molecule has 19 heavy (non-hydrogen) atoms. The van der Waals surface area contributed by atoms with Crippen LogP contribution in [0.3, 0.4) is 0 Å². The minimum Gasteiger partial charge on any atom is -0.350 e. The minimum absolute atomic E-state index is 0. The largest absolute Gasteiger partial charge is 0.350 e. The normalized spacial score (nSPS) is 10.0. The van der Waals surface area contributed by atoms with Crippen LogP contribution in [-0.2, 0) is 13.0 Å². The van der Waals surface area contributed by atoms with Crippen LogP contribution in [0.15, 0.2) is 9.90 Å². The molecule has 2 aromatic heterocycles. The Hall–Kier alpha value is -1.51. The first-order valence-electron chi connectivity index (χ1n) is 5.41. The van der Waals surface area contributed by atoms with Gasteiger partial charge in [-0.1, -0.05) is 5.16 Å². The zero-order valence-corrected chi connectivity index (χ0v) is 11.9. The van der Waals surface area contributed by atoms with Crippen LogP contribution in [-0.4, -0.2) is 27.6 Å². The molecule has 0 spiro atoms. The van der Waals surface area contributed by atoms with Crippen molar-refractivity contribution in [2.75, 3.05) is 6.54 Å². The molecule has 2 heterocycles. The number of aryl methyl sites for hydroxylation is 1.